The molecule has 21 heavy (non-hydrogen) atoms. The van der Waals surface area contributed by atoms with Crippen molar-refractivity contribution >= 4 is 22.1 Å². The second kappa shape index (κ2) is 7.69. The lowest BCUT2D eigenvalue weighted by molar-refractivity contribution is 0.216. The Balaban J connectivity index is 1.82. The van der Waals surface area contributed by atoms with Crippen molar-refractivity contribution in [1.82, 2.24) is 0 Å². The van der Waals surface area contributed by atoms with Crippen molar-refractivity contribution < 1.29 is 14.7 Å². The summed E-state index contributed by atoms with van der Waals surface area (Å²) >= 11 is 3.41. The van der Waals surface area contributed by atoms with Crippen LogP contribution in [0.25, 0.3) is 0 Å². The van der Waals surface area contributed by atoms with Gasteiger partial charge in [-0.15, -0.1) is 0 Å². The van der Waals surface area contributed by atoms with Gasteiger partial charge in [0.25, 0.3) is 0 Å². The third kappa shape index (κ3) is 4.79. The summed E-state index contributed by atoms with van der Waals surface area (Å²) in [5, 5.41) is 11.5. The summed E-state index contributed by atoms with van der Waals surface area (Å²) in [6.07, 6.45) is 1.36. The number of rotatable bonds is 6. The zero-order chi connectivity index (χ0) is 15.1. The minimum absolute atomic E-state index is 0.444. The molecule has 0 aliphatic heterocycles. The van der Waals surface area contributed by atoms with E-state index in [9.17, 15) is 0 Å². The summed E-state index contributed by atoms with van der Waals surface area (Å²) in [4.78, 5) is 0. The number of benzene rings is 2. The van der Waals surface area contributed by atoms with Gasteiger partial charge < -0.3 is 14.7 Å². The van der Waals surface area contributed by atoms with Gasteiger partial charge in [0.15, 0.2) is 0 Å². The van der Waals surface area contributed by atoms with E-state index in [1.165, 1.54) is 11.8 Å². The fourth-order valence-electron chi connectivity index (χ4n) is 1.73. The normalized spacial score (nSPS) is 10.8. The van der Waals surface area contributed by atoms with Gasteiger partial charge in [0.1, 0.15) is 24.7 Å². The highest BCUT2D eigenvalue weighted by atomic mass is 79.9. The molecule has 4 nitrogen and oxygen atoms in total. The number of nitrogens with zero attached hydrogens (tertiary/aromatic N) is 1. The van der Waals surface area contributed by atoms with Crippen LogP contribution in [0.4, 0.5) is 0 Å². The molecule has 0 aromatic heterocycles. The Morgan fingerprint density at radius 1 is 1.10 bits per heavy atom. The summed E-state index contributed by atoms with van der Waals surface area (Å²) in [6, 6.07) is 13.3. The van der Waals surface area contributed by atoms with Gasteiger partial charge in [0.2, 0.25) is 0 Å². The van der Waals surface area contributed by atoms with Gasteiger partial charge in [-0.1, -0.05) is 22.9 Å². The first kappa shape index (κ1) is 15.4. The maximum absolute atomic E-state index is 8.48. The van der Waals surface area contributed by atoms with Crippen molar-refractivity contribution in [1.29, 1.82) is 0 Å². The van der Waals surface area contributed by atoms with Gasteiger partial charge in [-0.05, 0) is 58.7 Å². The summed E-state index contributed by atoms with van der Waals surface area (Å²) in [6.45, 7) is 2.95. The van der Waals surface area contributed by atoms with Crippen LogP contribution in [-0.2, 0) is 0 Å². The molecule has 0 aliphatic rings. The fourth-order valence-corrected chi connectivity index (χ4v) is 2.24. The maximum atomic E-state index is 8.48. The first-order valence-electron chi connectivity index (χ1n) is 6.48. The van der Waals surface area contributed by atoms with Crippen molar-refractivity contribution in [2.75, 3.05) is 13.2 Å². The van der Waals surface area contributed by atoms with Crippen LogP contribution in [-0.4, -0.2) is 24.6 Å². The quantitative estimate of drug-likeness (QED) is 0.370. The molecule has 2 rings (SSSR count). The molecule has 0 heterocycles. The van der Waals surface area contributed by atoms with Gasteiger partial charge in [-0.2, -0.15) is 0 Å². The molecule has 1 N–H and O–H groups in total. The lowest BCUT2D eigenvalue weighted by Crippen LogP contribution is -2.09. The molecule has 0 atom stereocenters. The lowest BCUT2D eigenvalue weighted by Gasteiger charge is -2.10. The largest absolute Gasteiger partial charge is 0.490 e. The molecule has 0 saturated carbocycles. The molecule has 110 valence electrons. The number of oxime groups is 1. The zero-order valence-electron chi connectivity index (χ0n) is 11.6. The third-order valence-electron chi connectivity index (χ3n) is 2.79. The highest BCUT2D eigenvalue weighted by Gasteiger charge is 2.02. The smallest absolute Gasteiger partial charge is 0.133 e. The van der Waals surface area contributed by atoms with Crippen molar-refractivity contribution in [3.63, 3.8) is 0 Å². The van der Waals surface area contributed by atoms with E-state index < -0.39 is 0 Å². The molecule has 2 aromatic carbocycles. The van der Waals surface area contributed by atoms with Crippen molar-refractivity contribution in [3.05, 3.63) is 58.1 Å². The van der Waals surface area contributed by atoms with E-state index in [2.05, 4.69) is 21.1 Å². The van der Waals surface area contributed by atoms with E-state index in [0.29, 0.717) is 13.2 Å². The Hall–Kier alpha value is -2.01. The van der Waals surface area contributed by atoms with E-state index in [0.717, 1.165) is 21.5 Å². The second-order valence-corrected chi connectivity index (χ2v) is 5.30. The molecule has 0 saturated heterocycles. The van der Waals surface area contributed by atoms with Crippen LogP contribution >= 0.6 is 15.9 Å². The summed E-state index contributed by atoms with van der Waals surface area (Å²) < 4.78 is 12.0. The molecule has 0 amide bonds. The molecule has 2 aromatic rings. The standard InChI is InChI=1S/C16H16BrNO3/c1-12-2-5-14(6-3-12)20-8-9-21-16-7-4-13(11-18-19)10-15(16)17/h2-7,10-11,19H,8-9H2,1H3. The lowest BCUT2D eigenvalue weighted by atomic mass is 10.2. The molecular formula is C16H16BrNO3. The predicted octanol–water partition coefficient (Wildman–Crippen LogP) is 4.02. The Labute approximate surface area is 132 Å². The van der Waals surface area contributed by atoms with E-state index >= 15 is 0 Å². The van der Waals surface area contributed by atoms with Crippen LogP contribution in [0.2, 0.25) is 0 Å². The SMILES string of the molecule is Cc1ccc(OCCOc2ccc(C=NO)cc2Br)cc1. The van der Waals surface area contributed by atoms with Gasteiger partial charge in [0, 0.05) is 0 Å². The van der Waals surface area contributed by atoms with Crippen LogP contribution in [0, 0.1) is 6.92 Å². The predicted molar refractivity (Wildman–Crippen MR) is 85.7 cm³/mol. The van der Waals surface area contributed by atoms with Crippen LogP contribution in [0.3, 0.4) is 0 Å². The zero-order valence-corrected chi connectivity index (χ0v) is 13.2. The molecule has 0 spiro atoms. The Kier molecular flexibility index (Phi) is 5.63. The van der Waals surface area contributed by atoms with E-state index in [-0.39, 0.29) is 0 Å². The van der Waals surface area contributed by atoms with Gasteiger partial charge in [-0.25, -0.2) is 0 Å². The van der Waals surface area contributed by atoms with Crippen LogP contribution in [0.5, 0.6) is 11.5 Å². The van der Waals surface area contributed by atoms with Gasteiger partial charge in [-0.3, -0.25) is 0 Å². The minimum atomic E-state index is 0.444. The molecule has 5 heteroatoms. The second-order valence-electron chi connectivity index (χ2n) is 4.44. The summed E-state index contributed by atoms with van der Waals surface area (Å²) in [5.41, 5.74) is 1.99. The molecule has 0 aliphatic carbocycles. The van der Waals surface area contributed by atoms with Crippen molar-refractivity contribution in [2.45, 2.75) is 6.92 Å². The summed E-state index contributed by atoms with van der Waals surface area (Å²) in [7, 11) is 0. The van der Waals surface area contributed by atoms with Crippen molar-refractivity contribution in [3.8, 4) is 11.5 Å². The highest BCUT2D eigenvalue weighted by molar-refractivity contribution is 9.10. The first-order chi connectivity index (χ1) is 10.2. The van der Waals surface area contributed by atoms with E-state index in [4.69, 9.17) is 14.7 Å². The number of halogens is 1. The Morgan fingerprint density at radius 3 is 2.48 bits per heavy atom. The number of hydrogen-bond acceptors (Lipinski definition) is 4. The third-order valence-corrected chi connectivity index (χ3v) is 3.41. The van der Waals surface area contributed by atoms with E-state index in [1.807, 2.05) is 43.3 Å². The van der Waals surface area contributed by atoms with Crippen molar-refractivity contribution in [2.24, 2.45) is 5.16 Å². The van der Waals surface area contributed by atoms with Gasteiger partial charge in [0.05, 0.1) is 10.7 Å². The van der Waals surface area contributed by atoms with Crippen LogP contribution < -0.4 is 9.47 Å². The minimum Gasteiger partial charge on any atom is -0.490 e. The average molecular weight is 350 g/mol. The molecule has 0 unspecified atom stereocenters. The Bertz CT molecular complexity index is 611. The topological polar surface area (TPSA) is 51.0 Å². The first-order valence-corrected chi connectivity index (χ1v) is 7.27. The molecule has 0 fully saturated rings. The summed E-state index contributed by atoms with van der Waals surface area (Å²) in [5.74, 6) is 1.55. The number of aryl methyl sites for hydroxylation is 1. The number of ether oxygens (including phenoxy) is 2. The molecule has 0 bridgehead atoms. The van der Waals surface area contributed by atoms with Gasteiger partial charge >= 0.3 is 0 Å². The molecule has 0 radical (unpaired) electrons. The van der Waals surface area contributed by atoms with Crippen LogP contribution in [0.15, 0.2) is 52.1 Å². The monoisotopic (exact) mass is 349 g/mol. The fraction of sp³-hybridized carbons (Fsp3) is 0.188. The molecular weight excluding hydrogens is 334 g/mol. The average Bonchev–Trinajstić information content (AvgIpc) is 2.47. The maximum Gasteiger partial charge on any atom is 0.133 e. The Morgan fingerprint density at radius 2 is 1.81 bits per heavy atom. The van der Waals surface area contributed by atoms with E-state index in [1.54, 1.807) is 6.07 Å². The highest BCUT2D eigenvalue weighted by Crippen LogP contribution is 2.25. The number of hydrogen-bond donors (Lipinski definition) is 1. The van der Waals surface area contributed by atoms with Crippen LogP contribution in [0.1, 0.15) is 11.1 Å².